The van der Waals surface area contributed by atoms with Crippen LogP contribution in [0, 0.1) is 0 Å². The number of hydrogen-bond acceptors (Lipinski definition) is 4. The number of carbonyl (C=O) groups is 1. The van der Waals surface area contributed by atoms with Gasteiger partial charge in [-0.3, -0.25) is 9.78 Å². The molecule has 0 bridgehead atoms. The maximum Gasteiger partial charge on any atom is 0.226 e. The summed E-state index contributed by atoms with van der Waals surface area (Å²) in [5, 5.41) is 3.55. The van der Waals surface area contributed by atoms with Crippen molar-refractivity contribution in [1.29, 1.82) is 0 Å². The number of nitrogens with one attached hydrogen (secondary N) is 1. The van der Waals surface area contributed by atoms with Gasteiger partial charge in [-0.05, 0) is 30.7 Å². The molecule has 0 aliphatic carbocycles. The van der Waals surface area contributed by atoms with E-state index in [4.69, 9.17) is 5.73 Å². The zero-order valence-electron chi connectivity index (χ0n) is 9.69. The summed E-state index contributed by atoms with van der Waals surface area (Å²) in [6, 6.07) is 3.56. The highest BCUT2D eigenvalue weighted by Crippen LogP contribution is 2.25. The highest BCUT2D eigenvalue weighted by atomic mass is 32.2. The summed E-state index contributed by atoms with van der Waals surface area (Å²) in [5.41, 5.74) is 6.91. The van der Waals surface area contributed by atoms with Gasteiger partial charge in [0.05, 0.1) is 18.3 Å². The third-order valence-corrected chi connectivity index (χ3v) is 4.14. The highest BCUT2D eigenvalue weighted by molar-refractivity contribution is 8.00. The van der Waals surface area contributed by atoms with E-state index in [-0.39, 0.29) is 5.91 Å². The van der Waals surface area contributed by atoms with Gasteiger partial charge in [0, 0.05) is 17.5 Å². The van der Waals surface area contributed by atoms with E-state index in [1.165, 1.54) is 18.6 Å². The van der Waals surface area contributed by atoms with Gasteiger partial charge in [0.25, 0.3) is 0 Å². The number of carbonyl (C=O) groups excluding carboxylic acids is 1. The largest absolute Gasteiger partial charge is 0.397 e. The molecule has 0 spiro atoms. The molecule has 1 aliphatic rings. The number of hydrogen-bond donors (Lipinski definition) is 2. The predicted molar refractivity (Wildman–Crippen MR) is 70.8 cm³/mol. The smallest absolute Gasteiger partial charge is 0.226 e. The van der Waals surface area contributed by atoms with Crippen molar-refractivity contribution in [2.75, 3.05) is 18.0 Å². The summed E-state index contributed by atoms with van der Waals surface area (Å²) < 4.78 is 0. The van der Waals surface area contributed by atoms with Crippen molar-refractivity contribution in [3.63, 3.8) is 0 Å². The first kappa shape index (κ1) is 12.2. The normalized spacial score (nSPS) is 19.2. The average Bonchev–Trinajstić information content (AvgIpc) is 2.83. The molecule has 0 aromatic carbocycles. The monoisotopic (exact) mass is 251 g/mol. The number of amides is 1. The van der Waals surface area contributed by atoms with Gasteiger partial charge in [-0.25, -0.2) is 0 Å². The van der Waals surface area contributed by atoms with E-state index in [2.05, 4.69) is 10.3 Å². The van der Waals surface area contributed by atoms with E-state index in [1.807, 2.05) is 11.8 Å². The fraction of sp³-hybridized carbons (Fsp3) is 0.500. The van der Waals surface area contributed by atoms with Crippen LogP contribution in [0.3, 0.4) is 0 Å². The summed E-state index contributed by atoms with van der Waals surface area (Å²) in [6.07, 6.45) is 4.39. The first-order valence-corrected chi connectivity index (χ1v) is 6.87. The van der Waals surface area contributed by atoms with Gasteiger partial charge in [0.2, 0.25) is 5.91 Å². The number of nitrogens with two attached hydrogens (primary N) is 1. The fourth-order valence-corrected chi connectivity index (χ4v) is 3.00. The molecule has 3 N–H and O–H groups in total. The summed E-state index contributed by atoms with van der Waals surface area (Å²) in [5.74, 6) is 1.26. The Bertz CT molecular complexity index is 374. The average molecular weight is 251 g/mol. The number of aromatic nitrogens is 1. The van der Waals surface area contributed by atoms with E-state index in [1.54, 1.807) is 18.3 Å². The van der Waals surface area contributed by atoms with Gasteiger partial charge in [0.15, 0.2) is 0 Å². The molecule has 1 fully saturated rings. The van der Waals surface area contributed by atoms with Crippen molar-refractivity contribution in [1.82, 2.24) is 10.3 Å². The minimum Gasteiger partial charge on any atom is -0.397 e. The Hall–Kier alpha value is -1.23. The first-order chi connectivity index (χ1) is 8.24. The summed E-state index contributed by atoms with van der Waals surface area (Å²) >= 11 is 1.95. The molecule has 2 rings (SSSR count). The van der Waals surface area contributed by atoms with Gasteiger partial charge in [-0.2, -0.15) is 11.8 Å². The number of nitrogens with zero attached hydrogens (tertiary/aromatic N) is 1. The molecule has 1 unspecified atom stereocenters. The van der Waals surface area contributed by atoms with Crippen LogP contribution in [0.25, 0.3) is 0 Å². The van der Waals surface area contributed by atoms with Gasteiger partial charge in [-0.15, -0.1) is 0 Å². The van der Waals surface area contributed by atoms with Crippen LogP contribution in [-0.2, 0) is 11.2 Å². The maximum absolute atomic E-state index is 11.7. The van der Waals surface area contributed by atoms with Crippen LogP contribution in [0.4, 0.5) is 5.69 Å². The van der Waals surface area contributed by atoms with Crippen molar-refractivity contribution in [3.8, 4) is 0 Å². The van der Waals surface area contributed by atoms with Crippen LogP contribution in [0.2, 0.25) is 0 Å². The van der Waals surface area contributed by atoms with Gasteiger partial charge in [0.1, 0.15) is 0 Å². The molecule has 4 nitrogen and oxygen atoms in total. The molecule has 17 heavy (non-hydrogen) atoms. The molecule has 1 aromatic rings. The Labute approximate surface area is 105 Å². The molecule has 1 atom stereocenters. The molecule has 0 radical (unpaired) electrons. The van der Waals surface area contributed by atoms with Crippen molar-refractivity contribution in [2.24, 2.45) is 0 Å². The van der Waals surface area contributed by atoms with Gasteiger partial charge < -0.3 is 11.1 Å². The van der Waals surface area contributed by atoms with E-state index in [9.17, 15) is 4.79 Å². The van der Waals surface area contributed by atoms with Gasteiger partial charge in [-0.1, -0.05) is 0 Å². The van der Waals surface area contributed by atoms with Crippen LogP contribution in [0.1, 0.15) is 18.5 Å². The minimum atomic E-state index is 0.0368. The van der Waals surface area contributed by atoms with Crippen molar-refractivity contribution >= 4 is 23.4 Å². The third kappa shape index (κ3) is 3.93. The molecule has 5 heteroatoms. The summed E-state index contributed by atoms with van der Waals surface area (Å²) in [7, 11) is 0. The van der Waals surface area contributed by atoms with Crippen LogP contribution in [-0.4, -0.2) is 28.4 Å². The summed E-state index contributed by atoms with van der Waals surface area (Å²) in [4.78, 5) is 15.8. The molecule has 92 valence electrons. The Balaban J connectivity index is 1.74. The van der Waals surface area contributed by atoms with Crippen molar-refractivity contribution in [3.05, 3.63) is 24.0 Å². The zero-order chi connectivity index (χ0) is 12.1. The second-order valence-corrected chi connectivity index (χ2v) is 5.61. The standard InChI is InChI=1S/C12H17N3OS/c13-9-3-4-10(14-7-9)6-12(16)15-8-11-2-1-5-17-11/h3-4,7,11H,1-2,5-6,8,13H2,(H,15,16). The molecule has 0 saturated carbocycles. The van der Waals surface area contributed by atoms with E-state index in [0.717, 1.165) is 12.2 Å². The molecule has 1 amide bonds. The predicted octanol–water partition coefficient (Wildman–Crippen LogP) is 1.22. The van der Waals surface area contributed by atoms with E-state index in [0.29, 0.717) is 17.4 Å². The quantitative estimate of drug-likeness (QED) is 0.844. The number of pyridine rings is 1. The van der Waals surface area contributed by atoms with Crippen LogP contribution in [0.15, 0.2) is 18.3 Å². The molecule has 1 aromatic heterocycles. The second-order valence-electron chi connectivity index (χ2n) is 4.20. The fourth-order valence-electron chi connectivity index (χ4n) is 1.80. The Morgan fingerprint density at radius 1 is 1.59 bits per heavy atom. The number of nitrogen functional groups attached to an aromatic ring is 1. The lowest BCUT2D eigenvalue weighted by atomic mass is 10.2. The third-order valence-electron chi connectivity index (χ3n) is 2.74. The lowest BCUT2D eigenvalue weighted by Gasteiger charge is -2.09. The van der Waals surface area contributed by atoms with Crippen LogP contribution < -0.4 is 11.1 Å². The van der Waals surface area contributed by atoms with E-state index < -0.39 is 0 Å². The van der Waals surface area contributed by atoms with Crippen molar-refractivity contribution < 1.29 is 4.79 Å². The molecule has 1 aliphatic heterocycles. The number of rotatable bonds is 4. The molecule has 2 heterocycles. The molecular formula is C12H17N3OS. The topological polar surface area (TPSA) is 68.0 Å². The van der Waals surface area contributed by atoms with Gasteiger partial charge >= 0.3 is 0 Å². The number of thioether (sulfide) groups is 1. The lowest BCUT2D eigenvalue weighted by molar-refractivity contribution is -0.120. The minimum absolute atomic E-state index is 0.0368. The molecular weight excluding hydrogens is 234 g/mol. The van der Waals surface area contributed by atoms with E-state index >= 15 is 0 Å². The Morgan fingerprint density at radius 2 is 2.47 bits per heavy atom. The summed E-state index contributed by atoms with van der Waals surface area (Å²) in [6.45, 7) is 0.776. The SMILES string of the molecule is Nc1ccc(CC(=O)NCC2CCCS2)nc1. The van der Waals surface area contributed by atoms with Crippen LogP contribution in [0.5, 0.6) is 0 Å². The second kappa shape index (κ2) is 5.91. The van der Waals surface area contributed by atoms with Crippen LogP contribution >= 0.6 is 11.8 Å². The Kier molecular flexibility index (Phi) is 4.25. The highest BCUT2D eigenvalue weighted by Gasteiger charge is 2.16. The maximum atomic E-state index is 11.7. The lowest BCUT2D eigenvalue weighted by Crippen LogP contribution is -2.31. The molecule has 1 saturated heterocycles. The van der Waals surface area contributed by atoms with Crippen molar-refractivity contribution in [2.45, 2.75) is 24.5 Å². The number of anilines is 1. The Morgan fingerprint density at radius 3 is 3.12 bits per heavy atom. The zero-order valence-corrected chi connectivity index (χ0v) is 10.5. The first-order valence-electron chi connectivity index (χ1n) is 5.83.